The van der Waals surface area contributed by atoms with Gasteiger partial charge in [-0.2, -0.15) is 0 Å². The molecule has 2 aromatic carbocycles. The summed E-state index contributed by atoms with van der Waals surface area (Å²) in [6.07, 6.45) is 1.40. The number of aliphatic imine (C=N–C) groups is 1. The van der Waals surface area contributed by atoms with E-state index in [1.54, 1.807) is 12.3 Å². The predicted octanol–water partition coefficient (Wildman–Crippen LogP) is 4.18. The van der Waals surface area contributed by atoms with Gasteiger partial charge in [0.2, 0.25) is 0 Å². The molecule has 1 heterocycles. The van der Waals surface area contributed by atoms with Gasteiger partial charge in [-0.05, 0) is 37.6 Å². The van der Waals surface area contributed by atoms with Crippen molar-refractivity contribution in [1.29, 1.82) is 0 Å². The van der Waals surface area contributed by atoms with Crippen LogP contribution in [0, 0.1) is 0 Å². The van der Waals surface area contributed by atoms with Gasteiger partial charge in [0, 0.05) is 30.6 Å². The summed E-state index contributed by atoms with van der Waals surface area (Å²) < 4.78 is 16.4. The maximum Gasteiger partial charge on any atom is 0.338 e. The summed E-state index contributed by atoms with van der Waals surface area (Å²) in [5.74, 6) is -0.287. The first-order chi connectivity index (χ1) is 12.2. The van der Waals surface area contributed by atoms with E-state index in [1.165, 1.54) is 0 Å². The number of esters is 1. The normalized spacial score (nSPS) is 13.5. The summed E-state index contributed by atoms with van der Waals surface area (Å²) in [5, 5.41) is 0. The Labute approximate surface area is 147 Å². The molecule has 0 atom stereocenters. The van der Waals surface area contributed by atoms with E-state index in [9.17, 15) is 4.79 Å². The number of carbonyl (C=O) groups is 1. The molecule has 5 heteroatoms. The summed E-state index contributed by atoms with van der Waals surface area (Å²) in [5.41, 5.74) is 4.06. The SMILES string of the molecule is CCOC(OCC)c1cccc(/C=N/c2cccc3c2COC3=O)c1. The van der Waals surface area contributed by atoms with Gasteiger partial charge in [-0.1, -0.05) is 24.3 Å². The monoisotopic (exact) mass is 339 g/mol. The minimum absolute atomic E-state index is 0.276. The van der Waals surface area contributed by atoms with Crippen molar-refractivity contribution in [3.8, 4) is 0 Å². The summed E-state index contributed by atoms with van der Waals surface area (Å²) in [4.78, 5) is 16.2. The number of hydrogen-bond acceptors (Lipinski definition) is 5. The fourth-order valence-corrected chi connectivity index (χ4v) is 2.73. The number of ether oxygens (including phenoxy) is 3. The zero-order chi connectivity index (χ0) is 17.6. The molecule has 0 unspecified atom stereocenters. The molecular formula is C20H21NO4. The van der Waals surface area contributed by atoms with Crippen LogP contribution in [0.2, 0.25) is 0 Å². The summed E-state index contributed by atoms with van der Waals surface area (Å²) in [6.45, 7) is 5.31. The van der Waals surface area contributed by atoms with Crippen molar-refractivity contribution in [3.05, 3.63) is 64.7 Å². The maximum absolute atomic E-state index is 11.6. The van der Waals surface area contributed by atoms with Crippen molar-refractivity contribution in [2.45, 2.75) is 26.7 Å². The Balaban J connectivity index is 1.83. The van der Waals surface area contributed by atoms with Crippen LogP contribution in [-0.2, 0) is 20.8 Å². The standard InChI is InChI=1S/C20H21NO4/c1-3-23-20(24-4-2)15-8-5-7-14(11-15)12-21-18-10-6-9-16-17(18)13-25-19(16)22/h5-12,20H,3-4,13H2,1-2H3/b21-12+. The molecule has 3 rings (SSSR count). The fraction of sp³-hybridized carbons (Fsp3) is 0.300. The summed E-state index contributed by atoms with van der Waals surface area (Å²) in [7, 11) is 0. The Kier molecular flexibility index (Phi) is 5.58. The van der Waals surface area contributed by atoms with Gasteiger partial charge >= 0.3 is 5.97 Å². The van der Waals surface area contributed by atoms with E-state index in [0.29, 0.717) is 18.8 Å². The lowest BCUT2D eigenvalue weighted by molar-refractivity contribution is -0.140. The van der Waals surface area contributed by atoms with Crippen molar-refractivity contribution in [2.75, 3.05) is 13.2 Å². The lowest BCUT2D eigenvalue weighted by Gasteiger charge is -2.17. The first-order valence-electron chi connectivity index (χ1n) is 8.39. The van der Waals surface area contributed by atoms with Gasteiger partial charge in [0.05, 0.1) is 11.3 Å². The third-order valence-electron chi connectivity index (χ3n) is 3.89. The molecular weight excluding hydrogens is 318 g/mol. The van der Waals surface area contributed by atoms with Crippen LogP contribution < -0.4 is 0 Å². The van der Waals surface area contributed by atoms with E-state index in [2.05, 4.69) is 4.99 Å². The van der Waals surface area contributed by atoms with Crippen LogP contribution in [0.4, 0.5) is 5.69 Å². The van der Waals surface area contributed by atoms with Crippen LogP contribution >= 0.6 is 0 Å². The second-order valence-corrected chi connectivity index (χ2v) is 5.55. The van der Waals surface area contributed by atoms with Crippen LogP contribution in [0.15, 0.2) is 47.5 Å². The Bertz CT molecular complexity index is 779. The van der Waals surface area contributed by atoms with E-state index in [1.807, 2.05) is 50.2 Å². The van der Waals surface area contributed by atoms with Crippen LogP contribution in [0.3, 0.4) is 0 Å². The molecule has 0 saturated carbocycles. The molecule has 2 aromatic rings. The van der Waals surface area contributed by atoms with Crippen LogP contribution in [0.1, 0.15) is 47.2 Å². The smallest absolute Gasteiger partial charge is 0.338 e. The Morgan fingerprint density at radius 3 is 2.68 bits per heavy atom. The van der Waals surface area contributed by atoms with Gasteiger partial charge in [-0.3, -0.25) is 4.99 Å². The minimum atomic E-state index is -0.379. The molecule has 130 valence electrons. The highest BCUT2D eigenvalue weighted by Gasteiger charge is 2.23. The molecule has 0 fully saturated rings. The van der Waals surface area contributed by atoms with Crippen LogP contribution in [0.25, 0.3) is 0 Å². The van der Waals surface area contributed by atoms with E-state index in [0.717, 1.165) is 22.4 Å². The second kappa shape index (κ2) is 8.05. The molecule has 25 heavy (non-hydrogen) atoms. The molecule has 0 radical (unpaired) electrons. The van der Waals surface area contributed by atoms with Gasteiger partial charge in [-0.25, -0.2) is 4.79 Å². The highest BCUT2D eigenvalue weighted by Crippen LogP contribution is 2.29. The highest BCUT2D eigenvalue weighted by molar-refractivity contribution is 5.95. The summed E-state index contributed by atoms with van der Waals surface area (Å²) >= 11 is 0. The number of benzene rings is 2. The van der Waals surface area contributed by atoms with Gasteiger partial charge in [0.15, 0.2) is 6.29 Å². The summed E-state index contributed by atoms with van der Waals surface area (Å²) in [6, 6.07) is 13.3. The molecule has 0 aliphatic carbocycles. The van der Waals surface area contributed by atoms with E-state index in [-0.39, 0.29) is 18.9 Å². The number of cyclic esters (lactones) is 1. The lowest BCUT2D eigenvalue weighted by atomic mass is 10.1. The number of fused-ring (bicyclic) bond motifs is 1. The molecule has 0 aromatic heterocycles. The first kappa shape index (κ1) is 17.3. The predicted molar refractivity (Wildman–Crippen MR) is 95.3 cm³/mol. The first-order valence-corrected chi connectivity index (χ1v) is 8.39. The highest BCUT2D eigenvalue weighted by atomic mass is 16.7. The third-order valence-corrected chi connectivity index (χ3v) is 3.89. The second-order valence-electron chi connectivity index (χ2n) is 5.55. The number of rotatable bonds is 7. The Hall–Kier alpha value is -2.50. The van der Waals surface area contributed by atoms with E-state index < -0.39 is 0 Å². The minimum Gasteiger partial charge on any atom is -0.457 e. The van der Waals surface area contributed by atoms with Gasteiger partial charge in [0.25, 0.3) is 0 Å². The topological polar surface area (TPSA) is 57.1 Å². The molecule has 0 spiro atoms. The van der Waals surface area contributed by atoms with Gasteiger partial charge in [0.1, 0.15) is 6.61 Å². The zero-order valence-corrected chi connectivity index (χ0v) is 14.4. The van der Waals surface area contributed by atoms with Crippen molar-refractivity contribution in [3.63, 3.8) is 0 Å². The number of carbonyl (C=O) groups excluding carboxylic acids is 1. The van der Waals surface area contributed by atoms with Gasteiger partial charge < -0.3 is 14.2 Å². The fourth-order valence-electron chi connectivity index (χ4n) is 2.73. The lowest BCUT2D eigenvalue weighted by Crippen LogP contribution is -2.09. The molecule has 5 nitrogen and oxygen atoms in total. The Morgan fingerprint density at radius 1 is 1.16 bits per heavy atom. The largest absolute Gasteiger partial charge is 0.457 e. The average molecular weight is 339 g/mol. The zero-order valence-electron chi connectivity index (χ0n) is 14.4. The van der Waals surface area contributed by atoms with Crippen molar-refractivity contribution >= 4 is 17.9 Å². The number of nitrogens with zero attached hydrogens (tertiary/aromatic N) is 1. The van der Waals surface area contributed by atoms with Crippen LogP contribution in [-0.4, -0.2) is 25.4 Å². The third kappa shape index (κ3) is 3.95. The Morgan fingerprint density at radius 2 is 1.92 bits per heavy atom. The quantitative estimate of drug-likeness (QED) is 0.431. The average Bonchev–Trinajstić information content (AvgIpc) is 3.02. The molecule has 0 N–H and O–H groups in total. The van der Waals surface area contributed by atoms with Crippen molar-refractivity contribution in [1.82, 2.24) is 0 Å². The molecule has 1 aliphatic heterocycles. The molecule has 1 aliphatic rings. The van der Waals surface area contributed by atoms with Crippen molar-refractivity contribution in [2.24, 2.45) is 4.99 Å². The van der Waals surface area contributed by atoms with Gasteiger partial charge in [-0.15, -0.1) is 0 Å². The number of hydrogen-bond donors (Lipinski definition) is 0. The molecule has 0 bridgehead atoms. The van der Waals surface area contributed by atoms with E-state index >= 15 is 0 Å². The molecule has 0 amide bonds. The van der Waals surface area contributed by atoms with Crippen molar-refractivity contribution < 1.29 is 19.0 Å². The molecule has 0 saturated heterocycles. The maximum atomic E-state index is 11.6. The van der Waals surface area contributed by atoms with Crippen LogP contribution in [0.5, 0.6) is 0 Å². The van der Waals surface area contributed by atoms with E-state index in [4.69, 9.17) is 14.2 Å².